The van der Waals surface area contributed by atoms with Gasteiger partial charge >= 0.3 is 0 Å². The molecule has 26 heavy (non-hydrogen) atoms. The number of ether oxygens (including phenoxy) is 2. The van der Waals surface area contributed by atoms with Gasteiger partial charge in [-0.2, -0.15) is 15.8 Å². The Labute approximate surface area is 146 Å². The molecular weight excluding hydrogens is 334 g/mol. The van der Waals surface area contributed by atoms with Crippen molar-refractivity contribution in [3.8, 4) is 40.8 Å². The molecule has 0 saturated carbocycles. The van der Waals surface area contributed by atoms with Gasteiger partial charge in [0.1, 0.15) is 40.7 Å². The van der Waals surface area contributed by atoms with Crippen LogP contribution >= 0.6 is 0 Å². The molecule has 0 radical (unpaired) electrons. The van der Waals surface area contributed by atoms with Gasteiger partial charge in [0.05, 0.1) is 5.56 Å². The van der Waals surface area contributed by atoms with E-state index in [1.807, 2.05) is 18.2 Å². The summed E-state index contributed by atoms with van der Waals surface area (Å²) in [5.74, 6) is 0.971. The first kappa shape index (κ1) is 15.1. The molecule has 0 aliphatic carbocycles. The number of hydrogen-bond donors (Lipinski definition) is 2. The molecule has 0 atom stereocenters. The van der Waals surface area contributed by atoms with Crippen molar-refractivity contribution < 1.29 is 9.47 Å². The zero-order valence-corrected chi connectivity index (χ0v) is 13.1. The van der Waals surface area contributed by atoms with Crippen molar-refractivity contribution in [1.29, 1.82) is 15.8 Å². The average Bonchev–Trinajstić information content (AvgIpc) is 3.24. The van der Waals surface area contributed by atoms with E-state index in [1.165, 1.54) is 0 Å². The lowest BCUT2D eigenvalue weighted by atomic mass is 9.94. The van der Waals surface area contributed by atoms with E-state index >= 15 is 0 Å². The van der Waals surface area contributed by atoms with E-state index in [0.717, 1.165) is 4.52 Å². The van der Waals surface area contributed by atoms with Crippen LogP contribution in [-0.2, 0) is 0 Å². The van der Waals surface area contributed by atoms with Crippen molar-refractivity contribution in [3.05, 3.63) is 34.9 Å². The first-order chi connectivity index (χ1) is 12.6. The smallest absolute Gasteiger partial charge is 0.231 e. The fourth-order valence-electron chi connectivity index (χ4n) is 2.99. The Hall–Kier alpha value is -4.42. The number of aromatic nitrogens is 2. The lowest BCUT2D eigenvalue weighted by Crippen LogP contribution is -2.07. The van der Waals surface area contributed by atoms with Gasteiger partial charge < -0.3 is 20.9 Å². The van der Waals surface area contributed by atoms with E-state index in [4.69, 9.17) is 20.9 Å². The molecular formula is C17H9N7O2. The van der Waals surface area contributed by atoms with Gasteiger partial charge in [0.2, 0.25) is 6.79 Å². The molecule has 124 valence electrons. The van der Waals surface area contributed by atoms with Gasteiger partial charge in [-0.15, -0.1) is 5.10 Å². The largest absolute Gasteiger partial charge is 0.454 e. The third-order valence-corrected chi connectivity index (χ3v) is 4.13. The second kappa shape index (κ2) is 5.30. The van der Waals surface area contributed by atoms with E-state index < -0.39 is 0 Å². The van der Waals surface area contributed by atoms with Crippen LogP contribution < -0.4 is 20.9 Å². The maximum Gasteiger partial charge on any atom is 0.231 e. The van der Waals surface area contributed by atoms with Crippen LogP contribution in [0.3, 0.4) is 0 Å². The van der Waals surface area contributed by atoms with Gasteiger partial charge in [-0.3, -0.25) is 0 Å². The molecule has 3 aromatic rings. The predicted molar refractivity (Wildman–Crippen MR) is 89.7 cm³/mol. The van der Waals surface area contributed by atoms with Gasteiger partial charge in [-0.1, -0.05) is 6.07 Å². The molecule has 9 nitrogen and oxygen atoms in total. The van der Waals surface area contributed by atoms with Gasteiger partial charge in [-0.25, -0.2) is 4.52 Å². The highest BCUT2D eigenvalue weighted by molar-refractivity contribution is 5.91. The molecule has 0 saturated heterocycles. The van der Waals surface area contributed by atoms with Gasteiger partial charge in [-0.05, 0) is 17.7 Å². The van der Waals surface area contributed by atoms with Crippen LogP contribution in [0.4, 0.5) is 11.6 Å². The number of nitrogens with two attached hydrogens (primary N) is 2. The van der Waals surface area contributed by atoms with Gasteiger partial charge in [0, 0.05) is 5.56 Å². The Kier molecular flexibility index (Phi) is 3.08. The van der Waals surface area contributed by atoms with E-state index in [1.54, 1.807) is 18.2 Å². The molecule has 4 N–H and O–H groups in total. The van der Waals surface area contributed by atoms with E-state index in [9.17, 15) is 15.8 Å². The standard InChI is InChI=1S/C17H9N7O2/c18-4-9-14(8-1-2-12-13(3-8)26-7-25-12)10(5-19)17(22)24-15(9)11(6-20)16(21)23-24/h1-3H,7,22H2,(H2,21,23). The van der Waals surface area contributed by atoms with Crippen LogP contribution in [0, 0.1) is 34.0 Å². The molecule has 0 fully saturated rings. The lowest BCUT2D eigenvalue weighted by Gasteiger charge is -2.12. The number of rotatable bonds is 1. The van der Waals surface area contributed by atoms with Gasteiger partial charge in [0.15, 0.2) is 17.3 Å². The average molecular weight is 343 g/mol. The van der Waals surface area contributed by atoms with Crippen molar-refractivity contribution in [3.63, 3.8) is 0 Å². The minimum Gasteiger partial charge on any atom is -0.454 e. The summed E-state index contributed by atoms with van der Waals surface area (Å²) < 4.78 is 11.8. The summed E-state index contributed by atoms with van der Waals surface area (Å²) in [4.78, 5) is 0. The first-order valence-corrected chi connectivity index (χ1v) is 7.34. The SMILES string of the molecule is N#Cc1c(-c2ccc3c(c2)OCO3)c(C#N)c2c(C#N)c(N)nn2c1N. The summed E-state index contributed by atoms with van der Waals surface area (Å²) in [6.07, 6.45) is 0. The molecule has 9 heteroatoms. The highest BCUT2D eigenvalue weighted by Crippen LogP contribution is 2.41. The fraction of sp³-hybridized carbons (Fsp3) is 0.0588. The summed E-state index contributed by atoms with van der Waals surface area (Å²) in [6.45, 7) is 0.0912. The Morgan fingerprint density at radius 2 is 1.65 bits per heavy atom. The van der Waals surface area contributed by atoms with E-state index in [2.05, 4.69) is 5.10 Å². The van der Waals surface area contributed by atoms with Crippen molar-refractivity contribution in [2.24, 2.45) is 0 Å². The van der Waals surface area contributed by atoms with Crippen LogP contribution in [0.2, 0.25) is 0 Å². The summed E-state index contributed by atoms with van der Waals surface area (Å²) in [6, 6.07) is 11.0. The molecule has 0 unspecified atom stereocenters. The fourth-order valence-corrected chi connectivity index (χ4v) is 2.99. The molecule has 3 heterocycles. The lowest BCUT2D eigenvalue weighted by molar-refractivity contribution is 0.174. The molecule has 2 aromatic heterocycles. The monoisotopic (exact) mass is 343 g/mol. The first-order valence-electron chi connectivity index (χ1n) is 7.34. The van der Waals surface area contributed by atoms with E-state index in [-0.39, 0.29) is 46.2 Å². The number of fused-ring (bicyclic) bond motifs is 2. The number of benzene rings is 1. The van der Waals surface area contributed by atoms with Crippen LogP contribution in [0.25, 0.3) is 16.6 Å². The Morgan fingerprint density at radius 1 is 0.962 bits per heavy atom. The predicted octanol–water partition coefficient (Wildman–Crippen LogP) is 1.51. The second-order valence-electron chi connectivity index (χ2n) is 5.43. The minimum atomic E-state index is -0.0672. The third-order valence-electron chi connectivity index (χ3n) is 4.13. The number of anilines is 2. The highest BCUT2D eigenvalue weighted by atomic mass is 16.7. The number of nitrogens with zero attached hydrogens (tertiary/aromatic N) is 5. The van der Waals surface area contributed by atoms with Crippen molar-refractivity contribution in [2.75, 3.05) is 18.3 Å². The molecule has 1 aliphatic rings. The van der Waals surface area contributed by atoms with Crippen molar-refractivity contribution >= 4 is 17.2 Å². The molecule has 1 aliphatic heterocycles. The highest BCUT2D eigenvalue weighted by Gasteiger charge is 2.26. The topological polar surface area (TPSA) is 159 Å². The summed E-state index contributed by atoms with van der Waals surface area (Å²) in [5, 5.41) is 32.8. The quantitative estimate of drug-likeness (QED) is 0.672. The van der Waals surface area contributed by atoms with Crippen LogP contribution in [-0.4, -0.2) is 16.4 Å². The number of pyridine rings is 1. The Bertz CT molecular complexity index is 1220. The van der Waals surface area contributed by atoms with Crippen molar-refractivity contribution in [1.82, 2.24) is 9.61 Å². The zero-order valence-electron chi connectivity index (χ0n) is 13.1. The second-order valence-corrected chi connectivity index (χ2v) is 5.43. The molecule has 0 amide bonds. The summed E-state index contributed by atoms with van der Waals surface area (Å²) in [7, 11) is 0. The third kappa shape index (κ3) is 1.84. The minimum absolute atomic E-state index is 0.0117. The number of nitrogen functional groups attached to an aromatic ring is 2. The number of hydrogen-bond acceptors (Lipinski definition) is 8. The van der Waals surface area contributed by atoms with Crippen LogP contribution in [0.15, 0.2) is 18.2 Å². The van der Waals surface area contributed by atoms with Crippen LogP contribution in [0.1, 0.15) is 16.7 Å². The Morgan fingerprint density at radius 3 is 2.35 bits per heavy atom. The summed E-state index contributed by atoms with van der Waals surface area (Å²) >= 11 is 0. The van der Waals surface area contributed by atoms with E-state index in [0.29, 0.717) is 17.1 Å². The molecule has 0 bridgehead atoms. The van der Waals surface area contributed by atoms with Gasteiger partial charge in [0.25, 0.3) is 0 Å². The number of nitriles is 3. The normalized spacial score (nSPS) is 11.7. The zero-order chi connectivity index (χ0) is 18.4. The van der Waals surface area contributed by atoms with Crippen LogP contribution in [0.5, 0.6) is 11.5 Å². The molecule has 1 aromatic carbocycles. The summed E-state index contributed by atoms with van der Waals surface area (Å²) in [5.41, 5.74) is 13.0. The Balaban J connectivity index is 2.17. The maximum absolute atomic E-state index is 9.76. The molecule has 4 rings (SSSR count). The molecule has 0 spiro atoms. The maximum atomic E-state index is 9.76. The van der Waals surface area contributed by atoms with Crippen molar-refractivity contribution in [2.45, 2.75) is 0 Å².